The molecule has 0 spiro atoms. The Hall–Kier alpha value is -2.57. The third-order valence-electron chi connectivity index (χ3n) is 5.87. The molecule has 152 valence electrons. The van der Waals surface area contributed by atoms with Crippen LogP contribution in [0.5, 0.6) is 0 Å². The molecule has 0 unspecified atom stereocenters. The van der Waals surface area contributed by atoms with E-state index in [2.05, 4.69) is 11.9 Å². The van der Waals surface area contributed by atoms with Crippen LogP contribution in [0.4, 0.5) is 8.78 Å². The molecule has 1 aliphatic heterocycles. The summed E-state index contributed by atoms with van der Waals surface area (Å²) in [5, 5.41) is 0. The Balaban J connectivity index is 1.77. The predicted octanol–water partition coefficient (Wildman–Crippen LogP) is 4.69. The second-order valence-corrected chi connectivity index (χ2v) is 7.97. The summed E-state index contributed by atoms with van der Waals surface area (Å²) < 4.78 is 35.6. The largest absolute Gasteiger partial charge is 0.381 e. The van der Waals surface area contributed by atoms with Crippen LogP contribution in [0.1, 0.15) is 37.2 Å². The molecular formula is C23H25F2N3O. The van der Waals surface area contributed by atoms with Gasteiger partial charge in [0.25, 0.3) is 0 Å². The highest BCUT2D eigenvalue weighted by Gasteiger charge is 2.37. The van der Waals surface area contributed by atoms with Crippen LogP contribution in [-0.2, 0) is 11.3 Å². The molecule has 1 atom stereocenters. The van der Waals surface area contributed by atoms with Crippen molar-refractivity contribution in [3.8, 4) is 11.3 Å². The maximum Gasteiger partial charge on any atom is 0.132 e. The van der Waals surface area contributed by atoms with Crippen LogP contribution in [0.15, 0.2) is 54.7 Å². The maximum absolute atomic E-state index is 14.4. The van der Waals surface area contributed by atoms with Crippen molar-refractivity contribution in [2.24, 2.45) is 11.1 Å². The van der Waals surface area contributed by atoms with Crippen molar-refractivity contribution in [1.82, 2.24) is 9.55 Å². The molecule has 4 nitrogen and oxygen atoms in total. The van der Waals surface area contributed by atoms with E-state index in [0.29, 0.717) is 31.3 Å². The number of halogens is 2. The van der Waals surface area contributed by atoms with E-state index >= 15 is 0 Å². The van der Waals surface area contributed by atoms with E-state index in [1.54, 1.807) is 6.20 Å². The van der Waals surface area contributed by atoms with Gasteiger partial charge >= 0.3 is 0 Å². The van der Waals surface area contributed by atoms with Gasteiger partial charge in [-0.3, -0.25) is 0 Å². The topological polar surface area (TPSA) is 53.1 Å². The van der Waals surface area contributed by atoms with Gasteiger partial charge in [0.05, 0.1) is 11.7 Å². The summed E-state index contributed by atoms with van der Waals surface area (Å²) in [5.41, 5.74) is 8.15. The van der Waals surface area contributed by atoms with E-state index in [4.69, 9.17) is 10.5 Å². The van der Waals surface area contributed by atoms with Crippen LogP contribution in [0.25, 0.3) is 11.3 Å². The number of hydrogen-bond donors (Lipinski definition) is 1. The van der Waals surface area contributed by atoms with Gasteiger partial charge < -0.3 is 15.0 Å². The van der Waals surface area contributed by atoms with Gasteiger partial charge in [0.2, 0.25) is 0 Å². The van der Waals surface area contributed by atoms with E-state index in [1.165, 1.54) is 6.07 Å². The Morgan fingerprint density at radius 2 is 1.86 bits per heavy atom. The van der Waals surface area contributed by atoms with Crippen LogP contribution >= 0.6 is 0 Å². The Bertz CT molecular complexity index is 981. The summed E-state index contributed by atoms with van der Waals surface area (Å²) >= 11 is 0. The molecule has 0 bridgehead atoms. The molecule has 0 radical (unpaired) electrons. The monoisotopic (exact) mass is 397 g/mol. The number of benzene rings is 2. The third kappa shape index (κ3) is 4.09. The van der Waals surface area contributed by atoms with Crippen molar-refractivity contribution in [3.63, 3.8) is 0 Å². The highest BCUT2D eigenvalue weighted by Crippen LogP contribution is 2.41. The van der Waals surface area contributed by atoms with Crippen LogP contribution in [0, 0.1) is 17.0 Å². The van der Waals surface area contributed by atoms with E-state index in [1.807, 2.05) is 34.9 Å². The molecule has 3 aromatic rings. The zero-order chi connectivity index (χ0) is 20.4. The van der Waals surface area contributed by atoms with Gasteiger partial charge in [-0.15, -0.1) is 0 Å². The Morgan fingerprint density at radius 1 is 1.14 bits per heavy atom. The molecule has 1 aliphatic rings. The zero-order valence-corrected chi connectivity index (χ0v) is 16.4. The first-order valence-electron chi connectivity index (χ1n) is 9.86. The summed E-state index contributed by atoms with van der Waals surface area (Å²) in [6.45, 7) is 4.02. The number of nitrogens with two attached hydrogens (primary N) is 1. The molecule has 0 aliphatic carbocycles. The maximum atomic E-state index is 14.4. The number of rotatable bonds is 5. The highest BCUT2D eigenvalue weighted by molar-refractivity contribution is 5.59. The van der Waals surface area contributed by atoms with Crippen molar-refractivity contribution < 1.29 is 13.5 Å². The second-order valence-electron chi connectivity index (χ2n) is 7.97. The first-order chi connectivity index (χ1) is 14.0. The normalized spacial score (nSPS) is 17.2. The van der Waals surface area contributed by atoms with Gasteiger partial charge in [-0.05, 0) is 42.0 Å². The molecule has 2 heterocycles. The second kappa shape index (κ2) is 8.05. The van der Waals surface area contributed by atoms with Crippen molar-refractivity contribution in [2.45, 2.75) is 32.4 Å². The van der Waals surface area contributed by atoms with Gasteiger partial charge in [0.15, 0.2) is 0 Å². The quantitative estimate of drug-likeness (QED) is 0.679. The summed E-state index contributed by atoms with van der Waals surface area (Å²) in [7, 11) is 0. The molecule has 29 heavy (non-hydrogen) atoms. The fourth-order valence-corrected chi connectivity index (χ4v) is 3.87. The molecule has 2 N–H and O–H groups in total. The molecule has 1 saturated heterocycles. The minimum Gasteiger partial charge on any atom is -0.381 e. The number of ether oxygens (including phenoxy) is 1. The van der Waals surface area contributed by atoms with Crippen molar-refractivity contribution in [2.75, 3.05) is 13.2 Å². The fraction of sp³-hybridized carbons (Fsp3) is 0.348. The molecule has 2 aromatic carbocycles. The lowest BCUT2D eigenvalue weighted by atomic mass is 9.75. The van der Waals surface area contributed by atoms with Crippen LogP contribution in [-0.4, -0.2) is 22.8 Å². The van der Waals surface area contributed by atoms with Crippen LogP contribution in [0.3, 0.4) is 0 Å². The van der Waals surface area contributed by atoms with Crippen molar-refractivity contribution in [3.05, 3.63) is 77.8 Å². The van der Waals surface area contributed by atoms with Gasteiger partial charge in [0.1, 0.15) is 17.5 Å². The van der Waals surface area contributed by atoms with Gasteiger partial charge in [-0.2, -0.15) is 0 Å². The molecule has 0 amide bonds. The van der Waals surface area contributed by atoms with Crippen LogP contribution < -0.4 is 5.73 Å². The molecule has 6 heteroatoms. The lowest BCUT2D eigenvalue weighted by molar-refractivity contribution is 0.00871. The Kier molecular flexibility index (Phi) is 5.48. The molecule has 4 rings (SSSR count). The van der Waals surface area contributed by atoms with Crippen molar-refractivity contribution >= 4 is 0 Å². The lowest BCUT2D eigenvalue weighted by Gasteiger charge is -2.38. The minimum atomic E-state index is -0.506. The summed E-state index contributed by atoms with van der Waals surface area (Å²) in [4.78, 5) is 4.69. The summed E-state index contributed by atoms with van der Waals surface area (Å²) in [5.74, 6) is -0.327. The van der Waals surface area contributed by atoms with E-state index in [9.17, 15) is 8.78 Å². The fourth-order valence-electron chi connectivity index (χ4n) is 3.87. The average Bonchev–Trinajstić information content (AvgIpc) is 3.14. The first kappa shape index (κ1) is 19.7. The van der Waals surface area contributed by atoms with Crippen molar-refractivity contribution in [1.29, 1.82) is 0 Å². The third-order valence-corrected chi connectivity index (χ3v) is 5.87. The zero-order valence-electron chi connectivity index (χ0n) is 16.4. The predicted molar refractivity (Wildman–Crippen MR) is 108 cm³/mol. The molecular weight excluding hydrogens is 372 g/mol. The Labute approximate surface area is 169 Å². The number of hydrogen-bond acceptors (Lipinski definition) is 3. The SMILES string of the molecule is CC1([C@@H](N)c2nc(-c3cc(F)ccc3F)cn2Cc2ccccc2)CCOCC1. The van der Waals surface area contributed by atoms with E-state index < -0.39 is 11.6 Å². The van der Waals surface area contributed by atoms with Gasteiger partial charge in [0, 0.05) is 31.5 Å². The standard InChI is InChI=1S/C23H25F2N3O/c1-23(9-11-29-12-10-23)21(26)22-27-20(18-13-17(24)7-8-19(18)25)15-28(22)14-16-5-3-2-4-6-16/h2-8,13,15,21H,9-12,14,26H2,1H3/t21-/m0/s1. The van der Waals surface area contributed by atoms with Gasteiger partial charge in [-0.1, -0.05) is 37.3 Å². The number of imidazole rings is 1. The summed E-state index contributed by atoms with van der Waals surface area (Å²) in [6.07, 6.45) is 3.43. The molecule has 1 aromatic heterocycles. The number of nitrogens with zero attached hydrogens (tertiary/aromatic N) is 2. The number of aromatic nitrogens is 2. The van der Waals surface area contributed by atoms with E-state index in [0.717, 1.165) is 30.5 Å². The summed E-state index contributed by atoms with van der Waals surface area (Å²) in [6, 6.07) is 13.0. The highest BCUT2D eigenvalue weighted by atomic mass is 19.1. The molecule has 0 saturated carbocycles. The van der Waals surface area contributed by atoms with E-state index in [-0.39, 0.29) is 17.0 Å². The molecule has 1 fully saturated rings. The van der Waals surface area contributed by atoms with Gasteiger partial charge in [-0.25, -0.2) is 13.8 Å². The van der Waals surface area contributed by atoms with Crippen LogP contribution in [0.2, 0.25) is 0 Å². The first-order valence-corrected chi connectivity index (χ1v) is 9.86. The Morgan fingerprint density at radius 3 is 2.59 bits per heavy atom. The smallest absolute Gasteiger partial charge is 0.132 e. The average molecular weight is 397 g/mol. The lowest BCUT2D eigenvalue weighted by Crippen LogP contribution is -2.38. The minimum absolute atomic E-state index is 0.141.